The number of aromatic amines is 1. The predicted molar refractivity (Wildman–Crippen MR) is 74.1 cm³/mol. The molecule has 1 aromatic rings. The van der Waals surface area contributed by atoms with Gasteiger partial charge in [0.2, 0.25) is 5.91 Å². The van der Waals surface area contributed by atoms with E-state index in [0.29, 0.717) is 13.2 Å². The number of nitrogens with one attached hydrogen (secondary N) is 1. The molecule has 6 heteroatoms. The fraction of sp³-hybridized carbons (Fsp3) is 0.714. The van der Waals surface area contributed by atoms with Gasteiger partial charge >= 0.3 is 0 Å². The summed E-state index contributed by atoms with van der Waals surface area (Å²) in [4.78, 5) is 24.3. The normalized spacial score (nSPS) is 28.6. The molecule has 6 nitrogen and oxygen atoms in total. The highest BCUT2D eigenvalue weighted by molar-refractivity contribution is 5.79. The SMILES string of the molecule is CN1CCN(C(=O)[C@@H]2CCCOC2)C[C@@H]1c1ncc[nH]1. The van der Waals surface area contributed by atoms with E-state index < -0.39 is 0 Å². The molecule has 0 unspecified atom stereocenters. The molecular weight excluding hydrogens is 256 g/mol. The van der Waals surface area contributed by atoms with Crippen LogP contribution in [0.15, 0.2) is 12.4 Å². The zero-order chi connectivity index (χ0) is 13.9. The number of hydrogen-bond donors (Lipinski definition) is 1. The third kappa shape index (κ3) is 2.71. The zero-order valence-electron chi connectivity index (χ0n) is 11.9. The summed E-state index contributed by atoms with van der Waals surface area (Å²) < 4.78 is 5.44. The average Bonchev–Trinajstić information content (AvgIpc) is 3.02. The Bertz CT molecular complexity index is 442. The number of carbonyl (C=O) groups is 1. The lowest BCUT2D eigenvalue weighted by molar-refractivity contribution is -0.142. The van der Waals surface area contributed by atoms with E-state index in [-0.39, 0.29) is 17.9 Å². The van der Waals surface area contributed by atoms with Crippen molar-refractivity contribution in [2.24, 2.45) is 5.92 Å². The van der Waals surface area contributed by atoms with E-state index in [1.165, 1.54) is 0 Å². The third-order valence-electron chi connectivity index (χ3n) is 4.30. The van der Waals surface area contributed by atoms with Crippen LogP contribution in [0.3, 0.4) is 0 Å². The predicted octanol–water partition coefficient (Wildman–Crippen LogP) is 0.651. The Morgan fingerprint density at radius 1 is 1.50 bits per heavy atom. The van der Waals surface area contributed by atoms with Crippen molar-refractivity contribution in [3.05, 3.63) is 18.2 Å². The topological polar surface area (TPSA) is 61.5 Å². The maximum absolute atomic E-state index is 12.6. The maximum Gasteiger partial charge on any atom is 0.228 e. The molecule has 110 valence electrons. The minimum atomic E-state index is 0.0457. The van der Waals surface area contributed by atoms with Gasteiger partial charge in [0.05, 0.1) is 18.6 Å². The molecule has 2 fully saturated rings. The van der Waals surface area contributed by atoms with Crippen LogP contribution in [0.25, 0.3) is 0 Å². The fourth-order valence-corrected chi connectivity index (χ4v) is 3.02. The molecule has 2 aliphatic heterocycles. The Hall–Kier alpha value is -1.40. The molecule has 0 bridgehead atoms. The molecule has 0 aliphatic carbocycles. The van der Waals surface area contributed by atoms with Crippen LogP contribution in [0, 0.1) is 5.92 Å². The van der Waals surface area contributed by atoms with Crippen LogP contribution in [0.1, 0.15) is 24.7 Å². The van der Waals surface area contributed by atoms with Gasteiger partial charge in [0.15, 0.2) is 0 Å². The summed E-state index contributed by atoms with van der Waals surface area (Å²) in [6.07, 6.45) is 5.54. The first-order valence-electron chi connectivity index (χ1n) is 7.32. The van der Waals surface area contributed by atoms with Crippen LogP contribution >= 0.6 is 0 Å². The van der Waals surface area contributed by atoms with Crippen molar-refractivity contribution in [3.8, 4) is 0 Å². The number of amides is 1. The van der Waals surface area contributed by atoms with Gasteiger partial charge in [0, 0.05) is 38.6 Å². The number of nitrogens with zero attached hydrogens (tertiary/aromatic N) is 3. The van der Waals surface area contributed by atoms with Gasteiger partial charge < -0.3 is 14.6 Å². The Kier molecular flexibility index (Phi) is 4.03. The van der Waals surface area contributed by atoms with Gasteiger partial charge in [-0.05, 0) is 19.9 Å². The maximum atomic E-state index is 12.6. The molecule has 2 atom stereocenters. The molecule has 2 saturated heterocycles. The number of rotatable bonds is 2. The van der Waals surface area contributed by atoms with Crippen molar-refractivity contribution in [3.63, 3.8) is 0 Å². The number of hydrogen-bond acceptors (Lipinski definition) is 4. The Labute approximate surface area is 119 Å². The first-order valence-corrected chi connectivity index (χ1v) is 7.32. The van der Waals surface area contributed by atoms with E-state index in [0.717, 1.165) is 38.4 Å². The van der Waals surface area contributed by atoms with Crippen LogP contribution in [-0.4, -0.2) is 65.6 Å². The average molecular weight is 278 g/mol. The van der Waals surface area contributed by atoms with Crippen molar-refractivity contribution < 1.29 is 9.53 Å². The Morgan fingerprint density at radius 3 is 3.10 bits per heavy atom. The van der Waals surface area contributed by atoms with Crippen LogP contribution < -0.4 is 0 Å². The van der Waals surface area contributed by atoms with E-state index in [2.05, 4.69) is 21.9 Å². The number of aromatic nitrogens is 2. The summed E-state index contributed by atoms with van der Waals surface area (Å²) in [6, 6.07) is 0.159. The lowest BCUT2D eigenvalue weighted by atomic mass is 9.99. The van der Waals surface area contributed by atoms with Crippen molar-refractivity contribution >= 4 is 5.91 Å². The van der Waals surface area contributed by atoms with Crippen molar-refractivity contribution in [2.45, 2.75) is 18.9 Å². The van der Waals surface area contributed by atoms with Gasteiger partial charge in [0.25, 0.3) is 0 Å². The number of imidazole rings is 1. The monoisotopic (exact) mass is 278 g/mol. The van der Waals surface area contributed by atoms with Gasteiger partial charge in [-0.3, -0.25) is 9.69 Å². The second kappa shape index (κ2) is 5.93. The standard InChI is InChI=1S/C14H22N4O2/c1-17-6-7-18(9-12(17)13-15-4-5-16-13)14(19)11-3-2-8-20-10-11/h4-5,11-12H,2-3,6-10H2,1H3,(H,15,16)/t11-,12-/m1/s1. The Balaban J connectivity index is 1.67. The molecule has 1 amide bonds. The second-order valence-electron chi connectivity index (χ2n) is 5.67. The van der Waals surface area contributed by atoms with Crippen LogP contribution in [0.5, 0.6) is 0 Å². The van der Waals surface area contributed by atoms with E-state index in [9.17, 15) is 4.79 Å². The summed E-state index contributed by atoms with van der Waals surface area (Å²) in [6.45, 7) is 3.76. The fourth-order valence-electron chi connectivity index (χ4n) is 3.02. The minimum absolute atomic E-state index is 0.0457. The smallest absolute Gasteiger partial charge is 0.228 e. The minimum Gasteiger partial charge on any atom is -0.381 e. The molecule has 2 aliphatic rings. The van der Waals surface area contributed by atoms with E-state index in [4.69, 9.17) is 4.74 Å². The highest BCUT2D eigenvalue weighted by atomic mass is 16.5. The van der Waals surface area contributed by atoms with Gasteiger partial charge in [0.1, 0.15) is 5.82 Å². The van der Waals surface area contributed by atoms with Gasteiger partial charge in [-0.2, -0.15) is 0 Å². The molecule has 1 aromatic heterocycles. The lowest BCUT2D eigenvalue weighted by Gasteiger charge is -2.40. The van der Waals surface area contributed by atoms with Crippen molar-refractivity contribution in [1.82, 2.24) is 19.8 Å². The first-order chi connectivity index (χ1) is 9.75. The molecule has 0 spiro atoms. The summed E-state index contributed by atoms with van der Waals surface area (Å²) in [5.74, 6) is 1.23. The summed E-state index contributed by atoms with van der Waals surface area (Å²) >= 11 is 0. The van der Waals surface area contributed by atoms with Gasteiger partial charge in [-0.15, -0.1) is 0 Å². The lowest BCUT2D eigenvalue weighted by Crippen LogP contribution is -2.51. The summed E-state index contributed by atoms with van der Waals surface area (Å²) in [7, 11) is 2.08. The molecule has 0 saturated carbocycles. The third-order valence-corrected chi connectivity index (χ3v) is 4.30. The molecule has 3 rings (SSSR count). The zero-order valence-corrected chi connectivity index (χ0v) is 11.9. The highest BCUT2D eigenvalue weighted by Gasteiger charge is 2.33. The van der Waals surface area contributed by atoms with Crippen LogP contribution in [0.4, 0.5) is 0 Å². The molecular formula is C14H22N4O2. The van der Waals surface area contributed by atoms with E-state index in [1.807, 2.05) is 11.1 Å². The van der Waals surface area contributed by atoms with Gasteiger partial charge in [-0.1, -0.05) is 0 Å². The molecule has 20 heavy (non-hydrogen) atoms. The largest absolute Gasteiger partial charge is 0.381 e. The summed E-state index contributed by atoms with van der Waals surface area (Å²) in [5.41, 5.74) is 0. The molecule has 3 heterocycles. The number of likely N-dealkylation sites (N-methyl/N-ethyl adjacent to an activating group) is 1. The van der Waals surface area contributed by atoms with E-state index in [1.54, 1.807) is 6.20 Å². The number of carbonyl (C=O) groups excluding carboxylic acids is 1. The second-order valence-corrected chi connectivity index (χ2v) is 5.67. The van der Waals surface area contributed by atoms with E-state index >= 15 is 0 Å². The molecule has 0 aromatic carbocycles. The highest BCUT2D eigenvalue weighted by Crippen LogP contribution is 2.24. The van der Waals surface area contributed by atoms with Crippen molar-refractivity contribution in [1.29, 1.82) is 0 Å². The molecule has 0 radical (unpaired) electrons. The molecule has 1 N–H and O–H groups in total. The number of ether oxygens (including phenoxy) is 1. The van der Waals surface area contributed by atoms with Crippen LogP contribution in [0.2, 0.25) is 0 Å². The number of piperazine rings is 1. The summed E-state index contributed by atoms with van der Waals surface area (Å²) in [5, 5.41) is 0. The van der Waals surface area contributed by atoms with Gasteiger partial charge in [-0.25, -0.2) is 4.98 Å². The van der Waals surface area contributed by atoms with Crippen molar-refractivity contribution in [2.75, 3.05) is 39.9 Å². The van der Waals surface area contributed by atoms with Crippen LogP contribution in [-0.2, 0) is 9.53 Å². The number of H-pyrrole nitrogens is 1. The Morgan fingerprint density at radius 2 is 2.40 bits per heavy atom. The first kappa shape index (κ1) is 13.6. The quantitative estimate of drug-likeness (QED) is 0.863.